The molecule has 0 spiro atoms. The van der Waals surface area contributed by atoms with Crippen LogP contribution in [0.2, 0.25) is 0 Å². The van der Waals surface area contributed by atoms with Crippen LogP contribution in [0.15, 0.2) is 36.5 Å². The van der Waals surface area contributed by atoms with Crippen LogP contribution in [0.25, 0.3) is 0 Å². The number of benzene rings is 1. The van der Waals surface area contributed by atoms with Gasteiger partial charge in [-0.05, 0) is 24.3 Å². The summed E-state index contributed by atoms with van der Waals surface area (Å²) in [6.45, 7) is 0. The molecule has 0 radical (unpaired) electrons. The minimum Gasteiger partial charge on any atom is -0.396 e. The lowest BCUT2D eigenvalue weighted by Crippen LogP contribution is -2.18. The van der Waals surface area contributed by atoms with E-state index >= 15 is 0 Å². The molecule has 1 aromatic carbocycles. The number of hydrogen-bond acceptors (Lipinski definition) is 3. The SMILES string of the molecule is Nc1cccnc1NC(=O)Cc1c(F)cccc1F. The maximum atomic E-state index is 13.4. The van der Waals surface area contributed by atoms with Gasteiger partial charge in [-0.1, -0.05) is 6.07 Å². The van der Waals surface area contributed by atoms with Crippen molar-refractivity contribution in [3.05, 3.63) is 53.7 Å². The molecule has 0 aliphatic heterocycles. The van der Waals surface area contributed by atoms with Gasteiger partial charge in [0, 0.05) is 11.8 Å². The van der Waals surface area contributed by atoms with E-state index in [4.69, 9.17) is 5.73 Å². The number of anilines is 2. The van der Waals surface area contributed by atoms with Crippen LogP contribution < -0.4 is 11.1 Å². The number of rotatable bonds is 3. The molecule has 98 valence electrons. The van der Waals surface area contributed by atoms with Crippen LogP contribution >= 0.6 is 0 Å². The van der Waals surface area contributed by atoms with Crippen molar-refractivity contribution in [2.75, 3.05) is 11.1 Å². The van der Waals surface area contributed by atoms with E-state index in [1.807, 2.05) is 0 Å². The lowest BCUT2D eigenvalue weighted by atomic mass is 10.1. The third-order valence-corrected chi connectivity index (χ3v) is 2.50. The highest BCUT2D eigenvalue weighted by Crippen LogP contribution is 2.16. The highest BCUT2D eigenvalue weighted by Gasteiger charge is 2.14. The number of pyridine rings is 1. The van der Waals surface area contributed by atoms with E-state index in [2.05, 4.69) is 10.3 Å². The molecule has 2 rings (SSSR count). The number of nitrogens with zero attached hydrogens (tertiary/aromatic N) is 1. The Hall–Kier alpha value is -2.50. The maximum Gasteiger partial charge on any atom is 0.230 e. The summed E-state index contributed by atoms with van der Waals surface area (Å²) in [6.07, 6.45) is 1.03. The predicted molar refractivity (Wildman–Crippen MR) is 67.3 cm³/mol. The summed E-state index contributed by atoms with van der Waals surface area (Å²) in [7, 11) is 0. The van der Waals surface area contributed by atoms with Crippen molar-refractivity contribution in [3.8, 4) is 0 Å². The van der Waals surface area contributed by atoms with E-state index in [0.29, 0.717) is 0 Å². The van der Waals surface area contributed by atoms with Gasteiger partial charge in [0.25, 0.3) is 0 Å². The molecule has 0 bridgehead atoms. The highest BCUT2D eigenvalue weighted by molar-refractivity contribution is 5.93. The third kappa shape index (κ3) is 3.04. The quantitative estimate of drug-likeness (QED) is 0.891. The Labute approximate surface area is 108 Å². The average Bonchev–Trinajstić information content (AvgIpc) is 2.37. The molecule has 0 unspecified atom stereocenters. The zero-order chi connectivity index (χ0) is 13.8. The normalized spacial score (nSPS) is 10.2. The molecule has 3 N–H and O–H groups in total. The van der Waals surface area contributed by atoms with Crippen LogP contribution in [-0.2, 0) is 11.2 Å². The number of halogens is 2. The molecule has 4 nitrogen and oxygen atoms in total. The Kier molecular flexibility index (Phi) is 3.70. The van der Waals surface area contributed by atoms with Crippen molar-refractivity contribution >= 4 is 17.4 Å². The molecule has 1 aromatic heterocycles. The van der Waals surface area contributed by atoms with Crippen molar-refractivity contribution in [3.63, 3.8) is 0 Å². The fourth-order valence-electron chi connectivity index (χ4n) is 1.56. The number of nitrogens with one attached hydrogen (secondary N) is 1. The van der Waals surface area contributed by atoms with Gasteiger partial charge in [0.2, 0.25) is 5.91 Å². The Morgan fingerprint density at radius 2 is 1.89 bits per heavy atom. The van der Waals surface area contributed by atoms with E-state index in [-0.39, 0.29) is 17.1 Å². The minimum absolute atomic E-state index is 0.171. The summed E-state index contributed by atoms with van der Waals surface area (Å²) in [5.74, 6) is -1.94. The van der Waals surface area contributed by atoms with Crippen LogP contribution in [0.1, 0.15) is 5.56 Å². The predicted octanol–water partition coefficient (Wildman–Crippen LogP) is 2.12. The molecule has 1 amide bonds. The Balaban J connectivity index is 2.12. The second kappa shape index (κ2) is 5.43. The van der Waals surface area contributed by atoms with Gasteiger partial charge >= 0.3 is 0 Å². The first-order chi connectivity index (χ1) is 9.08. The molecule has 19 heavy (non-hydrogen) atoms. The van der Waals surface area contributed by atoms with Crippen molar-refractivity contribution in [1.29, 1.82) is 0 Å². The molecule has 0 fully saturated rings. The van der Waals surface area contributed by atoms with Crippen LogP contribution in [0, 0.1) is 11.6 Å². The van der Waals surface area contributed by atoms with E-state index in [0.717, 1.165) is 12.1 Å². The number of carbonyl (C=O) groups is 1. The van der Waals surface area contributed by atoms with Gasteiger partial charge < -0.3 is 11.1 Å². The van der Waals surface area contributed by atoms with Gasteiger partial charge in [-0.3, -0.25) is 4.79 Å². The van der Waals surface area contributed by atoms with Crippen molar-refractivity contribution < 1.29 is 13.6 Å². The summed E-state index contributed by atoms with van der Waals surface area (Å²) < 4.78 is 26.7. The first kappa shape index (κ1) is 12.9. The monoisotopic (exact) mass is 263 g/mol. The lowest BCUT2D eigenvalue weighted by molar-refractivity contribution is -0.115. The van der Waals surface area contributed by atoms with Crippen molar-refractivity contribution in [1.82, 2.24) is 4.98 Å². The number of nitrogen functional groups attached to an aromatic ring is 1. The van der Waals surface area contributed by atoms with E-state index in [1.54, 1.807) is 12.1 Å². The maximum absolute atomic E-state index is 13.4. The molecular weight excluding hydrogens is 252 g/mol. The standard InChI is InChI=1S/C13H11F2N3O/c14-9-3-1-4-10(15)8(9)7-12(19)18-13-11(16)5-2-6-17-13/h1-6H,7,16H2,(H,17,18,19). The van der Waals surface area contributed by atoms with Gasteiger partial charge in [0.15, 0.2) is 5.82 Å². The molecule has 2 aromatic rings. The molecule has 0 saturated carbocycles. The Morgan fingerprint density at radius 3 is 2.53 bits per heavy atom. The number of carbonyl (C=O) groups excluding carboxylic acids is 1. The second-order valence-corrected chi connectivity index (χ2v) is 3.87. The van der Waals surface area contributed by atoms with Crippen LogP contribution in [-0.4, -0.2) is 10.9 Å². The summed E-state index contributed by atoms with van der Waals surface area (Å²) in [5, 5.41) is 2.40. The van der Waals surface area contributed by atoms with Crippen LogP contribution in [0.5, 0.6) is 0 Å². The molecule has 1 heterocycles. The Morgan fingerprint density at radius 1 is 1.21 bits per heavy atom. The number of nitrogens with two attached hydrogens (primary N) is 1. The molecule has 6 heteroatoms. The second-order valence-electron chi connectivity index (χ2n) is 3.87. The van der Waals surface area contributed by atoms with Crippen molar-refractivity contribution in [2.24, 2.45) is 0 Å². The lowest BCUT2D eigenvalue weighted by Gasteiger charge is -2.07. The molecule has 0 aliphatic rings. The molecule has 0 saturated heterocycles. The van der Waals surface area contributed by atoms with Gasteiger partial charge in [0.1, 0.15) is 11.6 Å². The van der Waals surface area contributed by atoms with Crippen molar-refractivity contribution in [2.45, 2.75) is 6.42 Å². The molecular formula is C13H11F2N3O. The zero-order valence-corrected chi connectivity index (χ0v) is 9.86. The van der Waals surface area contributed by atoms with Gasteiger partial charge in [-0.15, -0.1) is 0 Å². The summed E-state index contributed by atoms with van der Waals surface area (Å²) in [6, 6.07) is 6.61. The highest BCUT2D eigenvalue weighted by atomic mass is 19.1. The van der Waals surface area contributed by atoms with Crippen LogP contribution in [0.4, 0.5) is 20.3 Å². The third-order valence-electron chi connectivity index (χ3n) is 2.50. The zero-order valence-electron chi connectivity index (χ0n) is 9.86. The summed E-state index contributed by atoms with van der Waals surface area (Å²) >= 11 is 0. The fraction of sp³-hybridized carbons (Fsp3) is 0.0769. The van der Waals surface area contributed by atoms with Gasteiger partial charge in [-0.25, -0.2) is 13.8 Å². The first-order valence-electron chi connectivity index (χ1n) is 5.51. The summed E-state index contributed by atoms with van der Waals surface area (Å²) in [4.78, 5) is 15.6. The van der Waals surface area contributed by atoms with E-state index in [1.165, 1.54) is 12.3 Å². The Bertz CT molecular complexity index is 596. The first-order valence-corrected chi connectivity index (χ1v) is 5.51. The number of amides is 1. The van der Waals surface area contributed by atoms with Gasteiger partial charge in [-0.2, -0.15) is 0 Å². The number of hydrogen-bond donors (Lipinski definition) is 2. The summed E-state index contributed by atoms with van der Waals surface area (Å²) in [5.41, 5.74) is 5.60. The van der Waals surface area contributed by atoms with Crippen LogP contribution in [0.3, 0.4) is 0 Å². The largest absolute Gasteiger partial charge is 0.396 e. The minimum atomic E-state index is -0.760. The average molecular weight is 263 g/mol. The smallest absolute Gasteiger partial charge is 0.230 e. The topological polar surface area (TPSA) is 68.0 Å². The van der Waals surface area contributed by atoms with Gasteiger partial charge in [0.05, 0.1) is 12.1 Å². The molecule has 0 atom stereocenters. The molecule has 0 aliphatic carbocycles. The van der Waals surface area contributed by atoms with E-state index in [9.17, 15) is 13.6 Å². The number of aromatic nitrogens is 1. The fourth-order valence-corrected chi connectivity index (χ4v) is 1.56. The van der Waals surface area contributed by atoms with E-state index < -0.39 is 24.0 Å².